The Labute approximate surface area is 123 Å². The van der Waals surface area contributed by atoms with E-state index in [-0.39, 0.29) is 5.82 Å². The third-order valence-electron chi connectivity index (χ3n) is 3.29. The largest absolute Gasteiger partial charge is 0.493 e. The standard InChI is InChI=1S/C16H18FNO3/c1-19-13-8-10(9-14(20-2)16(13)21-3)15(18)11-6-4-5-7-12(11)17/h4-9,15H,18H2,1-3H3. The van der Waals surface area contributed by atoms with Crippen molar-refractivity contribution in [3.63, 3.8) is 0 Å². The van der Waals surface area contributed by atoms with Crippen molar-refractivity contribution in [2.45, 2.75) is 6.04 Å². The zero-order chi connectivity index (χ0) is 15.4. The first-order valence-corrected chi connectivity index (χ1v) is 6.42. The molecule has 0 aliphatic carbocycles. The maximum atomic E-state index is 13.9. The lowest BCUT2D eigenvalue weighted by molar-refractivity contribution is 0.323. The van der Waals surface area contributed by atoms with Crippen molar-refractivity contribution in [2.24, 2.45) is 5.73 Å². The van der Waals surface area contributed by atoms with Crippen LogP contribution in [-0.2, 0) is 0 Å². The molecule has 21 heavy (non-hydrogen) atoms. The fourth-order valence-electron chi connectivity index (χ4n) is 2.19. The fourth-order valence-corrected chi connectivity index (χ4v) is 2.19. The van der Waals surface area contributed by atoms with Crippen LogP contribution in [0.25, 0.3) is 0 Å². The van der Waals surface area contributed by atoms with Crippen molar-refractivity contribution < 1.29 is 18.6 Å². The van der Waals surface area contributed by atoms with Gasteiger partial charge < -0.3 is 19.9 Å². The van der Waals surface area contributed by atoms with Gasteiger partial charge in [-0.3, -0.25) is 0 Å². The van der Waals surface area contributed by atoms with Gasteiger partial charge in [0, 0.05) is 5.56 Å². The molecule has 2 aromatic rings. The Morgan fingerprint density at radius 1 is 0.952 bits per heavy atom. The molecule has 0 saturated carbocycles. The van der Waals surface area contributed by atoms with Crippen LogP contribution in [0.1, 0.15) is 17.2 Å². The topological polar surface area (TPSA) is 53.7 Å². The summed E-state index contributed by atoms with van der Waals surface area (Å²) in [6, 6.07) is 9.23. The first kappa shape index (κ1) is 15.1. The number of halogens is 1. The van der Waals surface area contributed by atoms with Crippen molar-refractivity contribution in [3.05, 3.63) is 53.3 Å². The molecule has 0 aromatic heterocycles. The van der Waals surface area contributed by atoms with E-state index in [0.717, 1.165) is 0 Å². The van der Waals surface area contributed by atoms with Gasteiger partial charge in [0.15, 0.2) is 11.5 Å². The normalized spacial score (nSPS) is 11.9. The smallest absolute Gasteiger partial charge is 0.203 e. The zero-order valence-electron chi connectivity index (χ0n) is 12.2. The molecule has 5 heteroatoms. The van der Waals surface area contributed by atoms with Gasteiger partial charge in [-0.25, -0.2) is 4.39 Å². The Balaban J connectivity index is 2.51. The molecule has 0 spiro atoms. The van der Waals surface area contributed by atoms with Crippen molar-refractivity contribution in [2.75, 3.05) is 21.3 Å². The highest BCUT2D eigenvalue weighted by atomic mass is 19.1. The molecule has 1 unspecified atom stereocenters. The fraction of sp³-hybridized carbons (Fsp3) is 0.250. The number of ether oxygens (including phenoxy) is 3. The average Bonchev–Trinajstić information content (AvgIpc) is 2.53. The van der Waals surface area contributed by atoms with Gasteiger partial charge in [-0.15, -0.1) is 0 Å². The van der Waals surface area contributed by atoms with Crippen molar-refractivity contribution >= 4 is 0 Å². The molecule has 0 aliphatic heterocycles. The molecule has 0 amide bonds. The molecule has 2 N–H and O–H groups in total. The summed E-state index contributed by atoms with van der Waals surface area (Å²) >= 11 is 0. The molecular formula is C16H18FNO3. The SMILES string of the molecule is COc1cc(C(N)c2ccccc2F)cc(OC)c1OC. The van der Waals surface area contributed by atoms with E-state index in [2.05, 4.69) is 0 Å². The summed E-state index contributed by atoms with van der Waals surface area (Å²) in [7, 11) is 4.57. The van der Waals surface area contributed by atoms with Gasteiger partial charge in [-0.05, 0) is 23.8 Å². The molecule has 0 heterocycles. The monoisotopic (exact) mass is 291 g/mol. The lowest BCUT2D eigenvalue weighted by atomic mass is 9.98. The molecule has 112 valence electrons. The van der Waals surface area contributed by atoms with Crippen LogP contribution >= 0.6 is 0 Å². The molecule has 2 aromatic carbocycles. The van der Waals surface area contributed by atoms with E-state index in [1.54, 1.807) is 30.3 Å². The van der Waals surface area contributed by atoms with Crippen molar-refractivity contribution in [1.82, 2.24) is 0 Å². The van der Waals surface area contributed by atoms with Crippen LogP contribution in [0.2, 0.25) is 0 Å². The Morgan fingerprint density at radius 3 is 2.00 bits per heavy atom. The van der Waals surface area contributed by atoms with E-state index >= 15 is 0 Å². The van der Waals surface area contributed by atoms with E-state index < -0.39 is 6.04 Å². The molecule has 0 aliphatic rings. The maximum absolute atomic E-state index is 13.9. The molecule has 0 radical (unpaired) electrons. The van der Waals surface area contributed by atoms with Crippen molar-refractivity contribution in [3.8, 4) is 17.2 Å². The van der Waals surface area contributed by atoms with E-state index in [1.165, 1.54) is 27.4 Å². The highest BCUT2D eigenvalue weighted by Gasteiger charge is 2.19. The third kappa shape index (κ3) is 2.92. The van der Waals surface area contributed by atoms with Gasteiger partial charge in [0.05, 0.1) is 27.4 Å². The van der Waals surface area contributed by atoms with Gasteiger partial charge >= 0.3 is 0 Å². The van der Waals surface area contributed by atoms with Gasteiger partial charge in [-0.1, -0.05) is 18.2 Å². The Hall–Kier alpha value is -2.27. The number of hydrogen-bond acceptors (Lipinski definition) is 4. The summed E-state index contributed by atoms with van der Waals surface area (Å²) in [5.74, 6) is 1.10. The molecule has 0 bridgehead atoms. The van der Waals surface area contributed by atoms with Crippen LogP contribution in [0, 0.1) is 5.82 Å². The lowest BCUT2D eigenvalue weighted by Crippen LogP contribution is -2.14. The number of rotatable bonds is 5. The zero-order valence-corrected chi connectivity index (χ0v) is 12.2. The Morgan fingerprint density at radius 2 is 1.52 bits per heavy atom. The van der Waals surface area contributed by atoms with E-state index in [9.17, 15) is 4.39 Å². The van der Waals surface area contributed by atoms with Crippen LogP contribution in [0.15, 0.2) is 36.4 Å². The van der Waals surface area contributed by atoms with Gasteiger partial charge in [0.25, 0.3) is 0 Å². The molecule has 0 fully saturated rings. The second-order valence-corrected chi connectivity index (χ2v) is 4.46. The van der Waals surface area contributed by atoms with E-state index in [1.807, 2.05) is 0 Å². The second-order valence-electron chi connectivity index (χ2n) is 4.46. The van der Waals surface area contributed by atoms with Crippen LogP contribution in [0.4, 0.5) is 4.39 Å². The van der Waals surface area contributed by atoms with Gasteiger partial charge in [0.2, 0.25) is 5.75 Å². The van der Waals surface area contributed by atoms with Crippen LogP contribution in [-0.4, -0.2) is 21.3 Å². The van der Waals surface area contributed by atoms with Crippen molar-refractivity contribution in [1.29, 1.82) is 0 Å². The molecule has 2 rings (SSSR count). The van der Waals surface area contributed by atoms with Crippen LogP contribution in [0.3, 0.4) is 0 Å². The lowest BCUT2D eigenvalue weighted by Gasteiger charge is -2.18. The van der Waals surface area contributed by atoms with Crippen LogP contribution in [0.5, 0.6) is 17.2 Å². The minimum atomic E-state index is -0.625. The van der Waals surface area contributed by atoms with E-state index in [4.69, 9.17) is 19.9 Å². The first-order chi connectivity index (χ1) is 10.1. The second kappa shape index (κ2) is 6.45. The van der Waals surface area contributed by atoms with Gasteiger partial charge in [0.1, 0.15) is 5.82 Å². The highest BCUT2D eigenvalue weighted by Crippen LogP contribution is 2.40. The Bertz CT molecular complexity index is 606. The molecule has 4 nitrogen and oxygen atoms in total. The first-order valence-electron chi connectivity index (χ1n) is 6.42. The summed E-state index contributed by atoms with van der Waals surface area (Å²) in [6.45, 7) is 0. The van der Waals surface area contributed by atoms with Crippen LogP contribution < -0.4 is 19.9 Å². The summed E-state index contributed by atoms with van der Waals surface area (Å²) in [4.78, 5) is 0. The van der Waals surface area contributed by atoms with E-state index in [0.29, 0.717) is 28.4 Å². The summed E-state index contributed by atoms with van der Waals surface area (Å²) in [5, 5.41) is 0. The highest BCUT2D eigenvalue weighted by molar-refractivity contribution is 5.55. The number of benzene rings is 2. The quantitative estimate of drug-likeness (QED) is 0.920. The minimum absolute atomic E-state index is 0.348. The molecule has 1 atom stereocenters. The predicted molar refractivity (Wildman–Crippen MR) is 78.5 cm³/mol. The maximum Gasteiger partial charge on any atom is 0.203 e. The number of methoxy groups -OCH3 is 3. The number of hydrogen-bond donors (Lipinski definition) is 1. The third-order valence-corrected chi connectivity index (χ3v) is 3.29. The number of nitrogens with two attached hydrogens (primary N) is 1. The summed E-state index contributed by atoms with van der Waals surface area (Å²) < 4.78 is 29.7. The summed E-state index contributed by atoms with van der Waals surface area (Å²) in [6.07, 6.45) is 0. The summed E-state index contributed by atoms with van der Waals surface area (Å²) in [5.41, 5.74) is 7.25. The average molecular weight is 291 g/mol. The predicted octanol–water partition coefficient (Wildman–Crippen LogP) is 2.90. The minimum Gasteiger partial charge on any atom is -0.493 e. The molecular weight excluding hydrogens is 273 g/mol. The van der Waals surface area contributed by atoms with Gasteiger partial charge in [-0.2, -0.15) is 0 Å². The Kier molecular flexibility index (Phi) is 4.65. The molecule has 0 saturated heterocycles.